The molecule has 0 saturated heterocycles. The second-order valence-corrected chi connectivity index (χ2v) is 17.6. The van der Waals surface area contributed by atoms with E-state index >= 15 is 0 Å². The van der Waals surface area contributed by atoms with Gasteiger partial charge in [0.05, 0.1) is 25.2 Å². The Balaban J connectivity index is 4.53. The van der Waals surface area contributed by atoms with Crippen molar-refractivity contribution in [3.8, 4) is 0 Å². The Morgan fingerprint density at radius 1 is 0.491 bits per heavy atom. The largest absolute Gasteiger partial charge is 0.462 e. The van der Waals surface area contributed by atoms with E-state index in [9.17, 15) is 19.8 Å². The van der Waals surface area contributed by atoms with E-state index in [4.69, 9.17) is 4.74 Å². The molecule has 0 radical (unpaired) electrons. The van der Waals surface area contributed by atoms with Crippen molar-refractivity contribution in [2.24, 2.45) is 0 Å². The average Bonchev–Trinajstić information content (AvgIpc) is 3.20. The Morgan fingerprint density at radius 2 is 0.842 bits per heavy atom. The Labute approximate surface area is 355 Å². The molecule has 6 nitrogen and oxygen atoms in total. The first-order valence-corrected chi connectivity index (χ1v) is 25.4. The highest BCUT2D eigenvalue weighted by Gasteiger charge is 2.24. The average molecular weight is 806 g/mol. The Morgan fingerprint density at radius 3 is 1.26 bits per heavy atom. The van der Waals surface area contributed by atoms with E-state index in [-0.39, 0.29) is 24.9 Å². The minimum absolute atomic E-state index is 0.0785. The molecule has 0 aromatic rings. The van der Waals surface area contributed by atoms with Crippen LogP contribution in [0.3, 0.4) is 0 Å². The molecular formula is C51H99NO5. The molecule has 0 rings (SSSR count). The van der Waals surface area contributed by atoms with E-state index < -0.39 is 18.2 Å². The summed E-state index contributed by atoms with van der Waals surface area (Å²) < 4.78 is 5.92. The van der Waals surface area contributed by atoms with Crippen LogP contribution in [0.25, 0.3) is 0 Å². The quantitative estimate of drug-likeness (QED) is 0.0323. The van der Waals surface area contributed by atoms with Crippen LogP contribution >= 0.6 is 0 Å². The molecule has 3 unspecified atom stereocenters. The first-order valence-electron chi connectivity index (χ1n) is 25.4. The van der Waals surface area contributed by atoms with E-state index in [1.807, 2.05) is 0 Å². The Kier molecular flexibility index (Phi) is 44.6. The zero-order valence-corrected chi connectivity index (χ0v) is 38.5. The van der Waals surface area contributed by atoms with Crippen LogP contribution in [-0.2, 0) is 14.3 Å². The zero-order valence-electron chi connectivity index (χ0n) is 38.5. The van der Waals surface area contributed by atoms with Crippen molar-refractivity contribution >= 4 is 11.9 Å². The molecule has 0 saturated carbocycles. The third-order valence-electron chi connectivity index (χ3n) is 11.8. The lowest BCUT2D eigenvalue weighted by molar-refractivity contribution is -0.151. The molecule has 0 fully saturated rings. The van der Waals surface area contributed by atoms with Crippen LogP contribution in [0.4, 0.5) is 0 Å². The highest BCUT2D eigenvalue weighted by molar-refractivity contribution is 5.77. The first kappa shape index (κ1) is 55.6. The van der Waals surface area contributed by atoms with Gasteiger partial charge in [-0.15, -0.1) is 0 Å². The van der Waals surface area contributed by atoms with Gasteiger partial charge in [0.2, 0.25) is 5.91 Å². The van der Waals surface area contributed by atoms with Crippen LogP contribution in [-0.4, -0.2) is 46.9 Å². The molecule has 0 aromatic heterocycles. The summed E-state index contributed by atoms with van der Waals surface area (Å²) in [6, 6.07) is -0.697. The van der Waals surface area contributed by atoms with E-state index in [1.165, 1.54) is 173 Å². The van der Waals surface area contributed by atoms with Gasteiger partial charge in [-0.25, -0.2) is 0 Å². The van der Waals surface area contributed by atoms with Gasteiger partial charge in [-0.2, -0.15) is 0 Å². The summed E-state index contributed by atoms with van der Waals surface area (Å²) >= 11 is 0. The number of rotatable bonds is 46. The second-order valence-electron chi connectivity index (χ2n) is 17.6. The predicted molar refractivity (Wildman–Crippen MR) is 246 cm³/mol. The maximum Gasteiger partial charge on any atom is 0.306 e. The lowest BCUT2D eigenvalue weighted by atomic mass is 10.0. The normalized spacial score (nSPS) is 13.3. The third-order valence-corrected chi connectivity index (χ3v) is 11.8. The number of aliphatic hydroxyl groups excluding tert-OH is 2. The Bertz CT molecular complexity index is 863. The van der Waals surface area contributed by atoms with Crippen LogP contribution in [0.5, 0.6) is 0 Å². The van der Waals surface area contributed by atoms with Crippen molar-refractivity contribution in [2.45, 2.75) is 296 Å². The molecule has 338 valence electrons. The summed E-state index contributed by atoms with van der Waals surface area (Å²) in [7, 11) is 0. The molecule has 0 aliphatic carbocycles. The van der Waals surface area contributed by atoms with E-state index in [2.05, 4.69) is 38.2 Å². The summed E-state index contributed by atoms with van der Waals surface area (Å²) in [5, 5.41) is 23.7. The van der Waals surface area contributed by atoms with Crippen molar-refractivity contribution in [1.82, 2.24) is 5.32 Å². The SMILES string of the molecule is CCCCCC/C=C\CCCCCCCC(CC(=O)NC(CO)C(O)CCCCCCCCCCCCCCCC)OC(=O)CCCCCCCCCCCCC. The number of carbonyl (C=O) groups excluding carboxylic acids is 2. The summed E-state index contributed by atoms with van der Waals surface area (Å²) in [5.74, 6) is -0.468. The number of amides is 1. The second kappa shape index (κ2) is 45.7. The van der Waals surface area contributed by atoms with Crippen LogP contribution in [0, 0.1) is 0 Å². The number of aliphatic hydroxyl groups is 2. The van der Waals surface area contributed by atoms with Gasteiger partial charge in [-0.3, -0.25) is 9.59 Å². The van der Waals surface area contributed by atoms with Crippen molar-refractivity contribution in [1.29, 1.82) is 0 Å². The maximum atomic E-state index is 13.2. The van der Waals surface area contributed by atoms with Crippen molar-refractivity contribution < 1.29 is 24.5 Å². The third kappa shape index (κ3) is 41.1. The number of allylic oxidation sites excluding steroid dienone is 2. The fourth-order valence-electron chi connectivity index (χ4n) is 7.96. The molecule has 0 bridgehead atoms. The lowest BCUT2D eigenvalue weighted by Crippen LogP contribution is -2.46. The molecule has 0 spiro atoms. The lowest BCUT2D eigenvalue weighted by Gasteiger charge is -2.24. The molecule has 3 atom stereocenters. The number of ether oxygens (including phenoxy) is 1. The molecule has 0 aliphatic rings. The zero-order chi connectivity index (χ0) is 41.7. The molecule has 0 aromatic carbocycles. The summed E-state index contributed by atoms with van der Waals surface area (Å²) in [4.78, 5) is 26.1. The topological polar surface area (TPSA) is 95.9 Å². The van der Waals surface area contributed by atoms with Crippen molar-refractivity contribution in [3.63, 3.8) is 0 Å². The maximum absolute atomic E-state index is 13.2. The summed E-state index contributed by atoms with van der Waals surface area (Å²) in [5.41, 5.74) is 0. The summed E-state index contributed by atoms with van der Waals surface area (Å²) in [6.45, 7) is 6.48. The van der Waals surface area contributed by atoms with Crippen LogP contribution in [0.15, 0.2) is 12.2 Å². The summed E-state index contributed by atoms with van der Waals surface area (Å²) in [6.07, 6.45) is 49.8. The van der Waals surface area contributed by atoms with Crippen LogP contribution in [0.2, 0.25) is 0 Å². The van der Waals surface area contributed by atoms with Gasteiger partial charge in [0.25, 0.3) is 0 Å². The molecule has 0 aliphatic heterocycles. The minimum atomic E-state index is -0.783. The monoisotopic (exact) mass is 806 g/mol. The molecule has 57 heavy (non-hydrogen) atoms. The fraction of sp³-hybridized carbons (Fsp3) is 0.922. The van der Waals surface area contributed by atoms with Gasteiger partial charge in [0, 0.05) is 6.42 Å². The first-order chi connectivity index (χ1) is 28.0. The number of hydrogen-bond acceptors (Lipinski definition) is 5. The molecule has 1 amide bonds. The van der Waals surface area contributed by atoms with Gasteiger partial charge in [-0.05, 0) is 51.4 Å². The van der Waals surface area contributed by atoms with Gasteiger partial charge in [-0.1, -0.05) is 226 Å². The van der Waals surface area contributed by atoms with Gasteiger partial charge in [0.15, 0.2) is 0 Å². The van der Waals surface area contributed by atoms with Gasteiger partial charge in [0.1, 0.15) is 6.10 Å². The number of esters is 1. The molecular weight excluding hydrogens is 707 g/mol. The highest BCUT2D eigenvalue weighted by atomic mass is 16.5. The Hall–Kier alpha value is -1.40. The predicted octanol–water partition coefficient (Wildman–Crippen LogP) is 15.0. The van der Waals surface area contributed by atoms with Gasteiger partial charge < -0.3 is 20.3 Å². The molecule has 6 heteroatoms. The van der Waals surface area contributed by atoms with E-state index in [1.54, 1.807) is 0 Å². The number of unbranched alkanes of at least 4 members (excludes halogenated alkanes) is 32. The van der Waals surface area contributed by atoms with Crippen molar-refractivity contribution in [3.05, 3.63) is 12.2 Å². The van der Waals surface area contributed by atoms with Crippen LogP contribution < -0.4 is 5.32 Å². The number of carbonyl (C=O) groups is 2. The van der Waals surface area contributed by atoms with Gasteiger partial charge >= 0.3 is 5.97 Å². The molecule has 3 N–H and O–H groups in total. The molecule has 0 heterocycles. The minimum Gasteiger partial charge on any atom is -0.462 e. The highest BCUT2D eigenvalue weighted by Crippen LogP contribution is 2.18. The fourth-order valence-corrected chi connectivity index (χ4v) is 7.96. The van der Waals surface area contributed by atoms with E-state index in [0.29, 0.717) is 19.3 Å². The number of hydrogen-bond donors (Lipinski definition) is 3. The smallest absolute Gasteiger partial charge is 0.306 e. The van der Waals surface area contributed by atoms with Crippen molar-refractivity contribution in [2.75, 3.05) is 6.61 Å². The van der Waals surface area contributed by atoms with Crippen LogP contribution in [0.1, 0.15) is 278 Å². The van der Waals surface area contributed by atoms with E-state index in [0.717, 1.165) is 57.8 Å². The number of nitrogens with one attached hydrogen (secondary N) is 1. The standard InChI is InChI=1S/C51H99NO5/c1-4-7-10-13-16-19-22-24-26-29-31-34-37-40-43-49(54)48(46-53)52-50(55)45-47(42-39-36-33-30-28-25-23-20-17-14-11-8-5-2)57-51(56)44-41-38-35-32-27-21-18-15-12-9-6-3/h20,23,47-49,53-54H,4-19,21-22,24-46H2,1-3H3,(H,52,55)/b23-20-.